The van der Waals surface area contributed by atoms with Gasteiger partial charge in [0.25, 0.3) is 0 Å². The third-order valence-electron chi connectivity index (χ3n) is 5.19. The summed E-state index contributed by atoms with van der Waals surface area (Å²) in [7, 11) is 0. The van der Waals surface area contributed by atoms with Crippen LogP contribution in [0, 0.1) is 5.92 Å². The molecule has 2 heterocycles. The summed E-state index contributed by atoms with van der Waals surface area (Å²) in [5, 5.41) is -0.380. The molecule has 2 aliphatic rings. The summed E-state index contributed by atoms with van der Waals surface area (Å²) in [5.74, 6) is 0.660. The van der Waals surface area contributed by atoms with E-state index in [1.165, 1.54) is 17.8 Å². The molecule has 1 aromatic rings. The number of rotatable bonds is 4. The van der Waals surface area contributed by atoms with Gasteiger partial charge in [-0.2, -0.15) is 13.2 Å². The predicted octanol–water partition coefficient (Wildman–Crippen LogP) is 3.93. The second-order valence-electron chi connectivity index (χ2n) is 7.01. The lowest BCUT2D eigenvalue weighted by Crippen LogP contribution is -2.42. The third kappa shape index (κ3) is 4.59. The maximum atomic E-state index is 13.0. The van der Waals surface area contributed by atoms with Crippen LogP contribution in [0.1, 0.15) is 42.7 Å². The number of carbonyl (C=O) groups excluding carboxylic acids is 2. The van der Waals surface area contributed by atoms with Crippen LogP contribution in [0.5, 0.6) is 0 Å². The molecule has 2 saturated heterocycles. The van der Waals surface area contributed by atoms with Gasteiger partial charge in [0.15, 0.2) is 0 Å². The maximum Gasteiger partial charge on any atom is 0.416 e. The number of carbonyl (C=O) groups is 2. The van der Waals surface area contributed by atoms with E-state index in [9.17, 15) is 22.8 Å². The molecule has 0 aromatic heterocycles. The molecule has 1 atom stereocenters. The van der Waals surface area contributed by atoms with Crippen LogP contribution in [0.15, 0.2) is 24.3 Å². The van der Waals surface area contributed by atoms with Gasteiger partial charge in [-0.05, 0) is 36.5 Å². The van der Waals surface area contributed by atoms with Crippen LogP contribution < -0.4 is 0 Å². The number of thioether (sulfide) groups is 1. The van der Waals surface area contributed by atoms with Gasteiger partial charge in [0.2, 0.25) is 11.8 Å². The molecule has 0 aliphatic carbocycles. The van der Waals surface area contributed by atoms with E-state index in [1.54, 1.807) is 11.0 Å². The molecule has 2 aliphatic heterocycles. The second-order valence-corrected chi connectivity index (χ2v) is 8.08. The third-order valence-corrected chi connectivity index (χ3v) is 6.45. The van der Waals surface area contributed by atoms with Crippen LogP contribution in [0.4, 0.5) is 13.2 Å². The minimum atomic E-state index is -4.40. The summed E-state index contributed by atoms with van der Waals surface area (Å²) in [6, 6.07) is 5.25. The summed E-state index contributed by atoms with van der Waals surface area (Å²) in [4.78, 5) is 27.7. The quantitative estimate of drug-likeness (QED) is 0.769. The Labute approximate surface area is 161 Å². The number of amides is 2. The van der Waals surface area contributed by atoms with Crippen molar-refractivity contribution in [1.29, 1.82) is 0 Å². The molecule has 2 amide bonds. The van der Waals surface area contributed by atoms with Gasteiger partial charge in [-0.3, -0.25) is 9.59 Å². The molecule has 0 saturated carbocycles. The van der Waals surface area contributed by atoms with Crippen molar-refractivity contribution in [2.75, 3.05) is 25.4 Å². The minimum absolute atomic E-state index is 0.0329. The SMILES string of the molecule is CCC(=O)N1CCC(CN2C(=O)CSC2c2cccc(C(F)(F)F)c2)CC1. The van der Waals surface area contributed by atoms with Crippen molar-refractivity contribution < 1.29 is 22.8 Å². The Morgan fingerprint density at radius 2 is 1.96 bits per heavy atom. The molecule has 1 aromatic carbocycles. The molecule has 27 heavy (non-hydrogen) atoms. The van der Waals surface area contributed by atoms with Crippen LogP contribution in [-0.4, -0.2) is 47.0 Å². The first-order valence-corrected chi connectivity index (χ1v) is 10.2. The lowest BCUT2D eigenvalue weighted by molar-refractivity contribution is -0.137. The molecule has 4 nitrogen and oxygen atoms in total. The predicted molar refractivity (Wildman–Crippen MR) is 98.0 cm³/mol. The van der Waals surface area contributed by atoms with Crippen LogP contribution >= 0.6 is 11.8 Å². The molecule has 0 spiro atoms. The first-order valence-electron chi connectivity index (χ1n) is 9.15. The van der Waals surface area contributed by atoms with Crippen molar-refractivity contribution >= 4 is 23.6 Å². The second kappa shape index (κ2) is 8.12. The van der Waals surface area contributed by atoms with Gasteiger partial charge in [-0.15, -0.1) is 11.8 Å². The number of likely N-dealkylation sites (tertiary alicyclic amines) is 1. The van der Waals surface area contributed by atoms with Crippen molar-refractivity contribution in [2.24, 2.45) is 5.92 Å². The topological polar surface area (TPSA) is 40.6 Å². The molecule has 0 N–H and O–H groups in total. The summed E-state index contributed by atoms with van der Waals surface area (Å²) >= 11 is 1.37. The number of benzene rings is 1. The van der Waals surface area contributed by atoms with Crippen LogP contribution in [0.25, 0.3) is 0 Å². The number of hydrogen-bond acceptors (Lipinski definition) is 3. The molecular formula is C19H23F3N2O2S. The number of halogens is 3. The van der Waals surface area contributed by atoms with Gasteiger partial charge in [0.05, 0.1) is 11.3 Å². The fourth-order valence-corrected chi connectivity index (χ4v) is 4.85. The zero-order valence-corrected chi connectivity index (χ0v) is 16.0. The number of piperidine rings is 1. The highest BCUT2D eigenvalue weighted by Crippen LogP contribution is 2.41. The summed E-state index contributed by atoms with van der Waals surface area (Å²) in [6.45, 7) is 3.73. The summed E-state index contributed by atoms with van der Waals surface area (Å²) in [6.07, 6.45) is -2.28. The van der Waals surface area contributed by atoms with Gasteiger partial charge in [0.1, 0.15) is 5.37 Å². The molecule has 8 heteroatoms. The average molecular weight is 400 g/mol. The zero-order chi connectivity index (χ0) is 19.6. The molecule has 148 valence electrons. The Hall–Kier alpha value is -1.70. The van der Waals surface area contributed by atoms with Crippen molar-refractivity contribution in [1.82, 2.24) is 9.80 Å². The lowest BCUT2D eigenvalue weighted by Gasteiger charge is -2.35. The van der Waals surface area contributed by atoms with Gasteiger partial charge in [0, 0.05) is 26.1 Å². The van der Waals surface area contributed by atoms with Crippen molar-refractivity contribution in [3.63, 3.8) is 0 Å². The number of alkyl halides is 3. The zero-order valence-electron chi connectivity index (χ0n) is 15.2. The van der Waals surface area contributed by atoms with Crippen molar-refractivity contribution in [3.8, 4) is 0 Å². The van der Waals surface area contributed by atoms with Crippen molar-refractivity contribution in [3.05, 3.63) is 35.4 Å². The van der Waals surface area contributed by atoms with Gasteiger partial charge >= 0.3 is 6.18 Å². The van der Waals surface area contributed by atoms with Gasteiger partial charge in [-0.25, -0.2) is 0 Å². The Morgan fingerprint density at radius 3 is 2.59 bits per heavy atom. The molecule has 0 bridgehead atoms. The molecule has 3 rings (SSSR count). The van der Waals surface area contributed by atoms with E-state index >= 15 is 0 Å². The Morgan fingerprint density at radius 1 is 1.26 bits per heavy atom. The van der Waals surface area contributed by atoms with E-state index in [0.717, 1.165) is 25.0 Å². The Balaban J connectivity index is 1.68. The number of hydrogen-bond donors (Lipinski definition) is 0. The first-order chi connectivity index (χ1) is 12.8. The van der Waals surface area contributed by atoms with E-state index in [0.29, 0.717) is 31.6 Å². The normalized spacial score (nSPS) is 21.8. The Kier molecular flexibility index (Phi) is 6.03. The average Bonchev–Trinajstić information content (AvgIpc) is 3.01. The Bertz CT molecular complexity index is 702. The summed E-state index contributed by atoms with van der Waals surface area (Å²) in [5.41, 5.74) is -0.175. The molecule has 1 unspecified atom stereocenters. The van der Waals surface area contributed by atoms with Crippen molar-refractivity contribution in [2.45, 2.75) is 37.7 Å². The highest BCUT2D eigenvalue weighted by atomic mass is 32.2. The summed E-state index contributed by atoms with van der Waals surface area (Å²) < 4.78 is 39.0. The molecule has 0 radical (unpaired) electrons. The monoisotopic (exact) mass is 400 g/mol. The van der Waals surface area contributed by atoms with Crippen LogP contribution in [0.3, 0.4) is 0 Å². The van der Waals surface area contributed by atoms with E-state index in [4.69, 9.17) is 0 Å². The highest BCUT2D eigenvalue weighted by Gasteiger charge is 2.37. The largest absolute Gasteiger partial charge is 0.416 e. The fraction of sp³-hybridized carbons (Fsp3) is 0.579. The smallest absolute Gasteiger partial charge is 0.343 e. The molecular weight excluding hydrogens is 377 g/mol. The lowest BCUT2D eigenvalue weighted by atomic mass is 9.95. The van der Waals surface area contributed by atoms with Crippen LogP contribution in [-0.2, 0) is 15.8 Å². The maximum absolute atomic E-state index is 13.0. The highest BCUT2D eigenvalue weighted by molar-refractivity contribution is 8.00. The standard InChI is InChI=1S/C19H23F3N2O2S/c1-2-16(25)23-8-6-13(7-9-23)11-24-17(26)12-27-18(24)14-4-3-5-15(10-14)19(20,21)22/h3-5,10,13,18H,2,6-9,11-12H2,1H3. The van der Waals surface area contributed by atoms with E-state index < -0.39 is 11.7 Å². The number of nitrogens with zero attached hydrogens (tertiary/aromatic N) is 2. The van der Waals surface area contributed by atoms with Gasteiger partial charge in [-0.1, -0.05) is 19.1 Å². The van der Waals surface area contributed by atoms with Gasteiger partial charge < -0.3 is 9.80 Å². The minimum Gasteiger partial charge on any atom is -0.343 e. The van der Waals surface area contributed by atoms with Crippen LogP contribution in [0.2, 0.25) is 0 Å². The fourth-order valence-electron chi connectivity index (χ4n) is 3.66. The van der Waals surface area contributed by atoms with E-state index in [-0.39, 0.29) is 28.9 Å². The molecule has 2 fully saturated rings. The van der Waals surface area contributed by atoms with E-state index in [2.05, 4.69) is 0 Å². The van der Waals surface area contributed by atoms with E-state index in [1.807, 2.05) is 11.8 Å². The first kappa shape index (κ1) is 20.0.